The van der Waals surface area contributed by atoms with Crippen LogP contribution in [-0.2, 0) is 11.3 Å². The van der Waals surface area contributed by atoms with Gasteiger partial charge in [-0.25, -0.2) is 19.7 Å². The molecule has 0 atom stereocenters. The second-order valence-corrected chi connectivity index (χ2v) is 10.6. The van der Waals surface area contributed by atoms with Gasteiger partial charge in [-0.1, -0.05) is 36.4 Å². The van der Waals surface area contributed by atoms with E-state index in [1.165, 1.54) is 25.3 Å². The molecular weight excluding hydrogens is 572 g/mol. The standard InChI is InChI=1S/C33H36N8O4/c1-23(42)37-26-10-7-11-27(19-26)38-30-20-31(36-22-35-30)41(33(44)34-21-24-8-5-4-6-9-24)28-13-12-25(18-29(28)45-3)32(43)40-16-14-39(2)15-17-40/h4-13,18-20,22H,14-17,21H2,1-3H3,(H,34,44)(H,37,42)(H,35,36,38). The Morgan fingerprint density at radius 1 is 0.889 bits per heavy atom. The van der Waals surface area contributed by atoms with Crippen LogP contribution in [0.25, 0.3) is 0 Å². The third kappa shape index (κ3) is 7.92. The molecule has 1 saturated heterocycles. The van der Waals surface area contributed by atoms with Gasteiger partial charge in [-0.3, -0.25) is 9.59 Å². The zero-order valence-electron chi connectivity index (χ0n) is 25.5. The number of likely N-dealkylation sites (N-methyl/N-ethyl adjacent to an activating group) is 1. The smallest absolute Gasteiger partial charge is 0.328 e. The number of carbonyl (C=O) groups excluding carboxylic acids is 3. The van der Waals surface area contributed by atoms with Crippen molar-refractivity contribution in [2.24, 2.45) is 0 Å². The molecule has 0 aliphatic carbocycles. The van der Waals surface area contributed by atoms with Crippen LogP contribution in [0.2, 0.25) is 0 Å². The number of carbonyl (C=O) groups is 3. The Bertz CT molecular complexity index is 1660. The number of piperazine rings is 1. The molecule has 3 aromatic carbocycles. The van der Waals surface area contributed by atoms with Gasteiger partial charge < -0.3 is 30.5 Å². The van der Waals surface area contributed by atoms with Gasteiger partial charge in [0.1, 0.15) is 23.7 Å². The van der Waals surface area contributed by atoms with E-state index >= 15 is 0 Å². The lowest BCUT2D eigenvalue weighted by Crippen LogP contribution is -2.47. The van der Waals surface area contributed by atoms with Crippen LogP contribution in [0.4, 0.5) is 33.5 Å². The average molecular weight is 609 g/mol. The van der Waals surface area contributed by atoms with Crippen LogP contribution in [0.5, 0.6) is 5.75 Å². The first-order chi connectivity index (χ1) is 21.8. The number of nitrogens with zero attached hydrogens (tertiary/aromatic N) is 5. The summed E-state index contributed by atoms with van der Waals surface area (Å²) < 4.78 is 5.73. The number of methoxy groups -OCH3 is 1. The minimum absolute atomic E-state index is 0.0944. The highest BCUT2D eigenvalue weighted by Gasteiger charge is 2.26. The first-order valence-electron chi connectivity index (χ1n) is 14.5. The fraction of sp³-hybridized carbons (Fsp3) is 0.242. The third-order valence-electron chi connectivity index (χ3n) is 7.28. The van der Waals surface area contributed by atoms with E-state index in [0.29, 0.717) is 47.3 Å². The Labute approximate surface area is 262 Å². The number of ether oxygens (including phenoxy) is 1. The topological polar surface area (TPSA) is 132 Å². The van der Waals surface area contributed by atoms with Gasteiger partial charge >= 0.3 is 6.03 Å². The van der Waals surface area contributed by atoms with E-state index in [1.807, 2.05) is 48.3 Å². The molecule has 0 spiro atoms. The molecule has 0 saturated carbocycles. The van der Waals surface area contributed by atoms with E-state index in [9.17, 15) is 14.4 Å². The molecule has 4 aromatic rings. The number of benzene rings is 3. The number of rotatable bonds is 9. The first kappa shape index (κ1) is 31.0. The van der Waals surface area contributed by atoms with E-state index in [1.54, 1.807) is 42.5 Å². The molecule has 1 aromatic heterocycles. The fourth-order valence-electron chi connectivity index (χ4n) is 4.94. The maximum atomic E-state index is 13.9. The highest BCUT2D eigenvalue weighted by molar-refractivity contribution is 6.02. The summed E-state index contributed by atoms with van der Waals surface area (Å²) in [6.07, 6.45) is 1.35. The maximum Gasteiger partial charge on any atom is 0.328 e. The summed E-state index contributed by atoms with van der Waals surface area (Å²) in [5.41, 5.74) is 3.09. The van der Waals surface area contributed by atoms with Gasteiger partial charge in [0, 0.05) is 62.7 Å². The number of hydrogen-bond acceptors (Lipinski definition) is 8. The lowest BCUT2D eigenvalue weighted by atomic mass is 10.1. The fourth-order valence-corrected chi connectivity index (χ4v) is 4.94. The molecule has 4 amide bonds. The van der Waals surface area contributed by atoms with Crippen molar-refractivity contribution in [3.8, 4) is 5.75 Å². The highest BCUT2D eigenvalue weighted by Crippen LogP contribution is 2.35. The second kappa shape index (κ2) is 14.3. The van der Waals surface area contributed by atoms with Crippen molar-refractivity contribution in [1.82, 2.24) is 25.1 Å². The second-order valence-electron chi connectivity index (χ2n) is 10.6. The van der Waals surface area contributed by atoms with Crippen molar-refractivity contribution in [2.45, 2.75) is 13.5 Å². The Kier molecular flexibility index (Phi) is 9.85. The largest absolute Gasteiger partial charge is 0.495 e. The van der Waals surface area contributed by atoms with E-state index in [4.69, 9.17) is 4.74 Å². The Hall–Kier alpha value is -5.49. The summed E-state index contributed by atoms with van der Waals surface area (Å²) >= 11 is 0. The van der Waals surface area contributed by atoms with Crippen molar-refractivity contribution in [3.05, 3.63) is 96.3 Å². The summed E-state index contributed by atoms with van der Waals surface area (Å²) in [6, 6.07) is 23.0. The van der Waals surface area contributed by atoms with Gasteiger partial charge in [0.2, 0.25) is 5.91 Å². The van der Waals surface area contributed by atoms with E-state index in [-0.39, 0.29) is 24.2 Å². The van der Waals surface area contributed by atoms with Gasteiger partial charge in [0.05, 0.1) is 12.8 Å². The number of amides is 4. The molecule has 1 fully saturated rings. The van der Waals surface area contributed by atoms with E-state index < -0.39 is 6.03 Å². The lowest BCUT2D eigenvalue weighted by molar-refractivity contribution is -0.114. The summed E-state index contributed by atoms with van der Waals surface area (Å²) in [5, 5.41) is 8.93. The van der Waals surface area contributed by atoms with Gasteiger partial charge in [-0.15, -0.1) is 0 Å². The minimum atomic E-state index is -0.451. The van der Waals surface area contributed by atoms with Crippen molar-refractivity contribution >= 4 is 46.5 Å². The Balaban J connectivity index is 1.46. The molecule has 1 aliphatic heterocycles. The zero-order valence-corrected chi connectivity index (χ0v) is 25.5. The Morgan fingerprint density at radius 3 is 2.38 bits per heavy atom. The molecule has 0 unspecified atom stereocenters. The third-order valence-corrected chi connectivity index (χ3v) is 7.28. The summed E-state index contributed by atoms with van der Waals surface area (Å²) in [4.78, 5) is 52.9. The minimum Gasteiger partial charge on any atom is -0.495 e. The molecule has 0 bridgehead atoms. The molecule has 2 heterocycles. The van der Waals surface area contributed by atoms with Crippen LogP contribution in [0.15, 0.2) is 85.2 Å². The van der Waals surface area contributed by atoms with Crippen molar-refractivity contribution in [3.63, 3.8) is 0 Å². The predicted octanol–water partition coefficient (Wildman–Crippen LogP) is 4.62. The normalized spacial score (nSPS) is 13.1. The van der Waals surface area contributed by atoms with Crippen molar-refractivity contribution < 1.29 is 19.1 Å². The molecular formula is C33H36N8O4. The van der Waals surface area contributed by atoms with E-state index in [0.717, 1.165) is 18.7 Å². The molecule has 12 nitrogen and oxygen atoms in total. The van der Waals surface area contributed by atoms with Crippen molar-refractivity contribution in [2.75, 3.05) is 55.9 Å². The number of urea groups is 1. The van der Waals surface area contributed by atoms with Crippen LogP contribution in [0, 0.1) is 0 Å². The van der Waals surface area contributed by atoms with Crippen molar-refractivity contribution in [1.29, 1.82) is 0 Å². The molecule has 12 heteroatoms. The van der Waals surface area contributed by atoms with Gasteiger partial charge in [-0.2, -0.15) is 0 Å². The number of hydrogen-bond donors (Lipinski definition) is 3. The molecule has 45 heavy (non-hydrogen) atoms. The summed E-state index contributed by atoms with van der Waals surface area (Å²) in [5.74, 6) is 0.747. The number of anilines is 5. The SMILES string of the molecule is COc1cc(C(=O)N2CCN(C)CC2)ccc1N(C(=O)NCc1ccccc1)c1cc(Nc2cccc(NC(C)=O)c2)ncn1. The number of aromatic nitrogens is 2. The monoisotopic (exact) mass is 608 g/mol. The highest BCUT2D eigenvalue weighted by atomic mass is 16.5. The molecule has 5 rings (SSSR count). The summed E-state index contributed by atoms with van der Waals surface area (Å²) in [7, 11) is 3.53. The van der Waals surface area contributed by atoms with E-state index in [2.05, 4.69) is 30.8 Å². The average Bonchev–Trinajstić information content (AvgIpc) is 3.04. The van der Waals surface area contributed by atoms with Gasteiger partial charge in [0.25, 0.3) is 5.91 Å². The number of nitrogens with one attached hydrogen (secondary N) is 3. The quantitative estimate of drug-likeness (QED) is 0.251. The molecule has 232 valence electrons. The van der Waals surface area contributed by atoms with Gasteiger partial charge in [0.15, 0.2) is 0 Å². The van der Waals surface area contributed by atoms with Crippen LogP contribution in [-0.4, -0.2) is 77.9 Å². The summed E-state index contributed by atoms with van der Waals surface area (Å²) in [6.45, 7) is 4.60. The van der Waals surface area contributed by atoms with Crippen LogP contribution in [0.3, 0.4) is 0 Å². The Morgan fingerprint density at radius 2 is 1.64 bits per heavy atom. The molecule has 1 aliphatic rings. The molecule has 0 radical (unpaired) electrons. The van der Waals surface area contributed by atoms with Crippen LogP contribution < -0.4 is 25.6 Å². The lowest BCUT2D eigenvalue weighted by Gasteiger charge is -2.32. The van der Waals surface area contributed by atoms with Crippen LogP contribution in [0.1, 0.15) is 22.8 Å². The van der Waals surface area contributed by atoms with Crippen LogP contribution >= 0.6 is 0 Å². The first-order valence-corrected chi connectivity index (χ1v) is 14.5. The molecule has 3 N–H and O–H groups in total. The maximum absolute atomic E-state index is 13.9. The predicted molar refractivity (Wildman–Crippen MR) is 173 cm³/mol. The zero-order chi connectivity index (χ0) is 31.8. The van der Waals surface area contributed by atoms with Gasteiger partial charge in [-0.05, 0) is 49.0 Å².